The van der Waals surface area contributed by atoms with Crippen molar-refractivity contribution in [3.63, 3.8) is 0 Å². The molecule has 2 heterocycles. The van der Waals surface area contributed by atoms with Crippen molar-refractivity contribution in [1.82, 2.24) is 4.98 Å². The number of nitrogens with one attached hydrogen (secondary N) is 1. The summed E-state index contributed by atoms with van der Waals surface area (Å²) in [5, 5.41) is 7.73. The molecule has 2 rings (SSSR count). The highest BCUT2D eigenvalue weighted by Crippen LogP contribution is 2.25. The monoisotopic (exact) mass is 248 g/mol. The van der Waals surface area contributed by atoms with E-state index in [1.54, 1.807) is 0 Å². The van der Waals surface area contributed by atoms with Gasteiger partial charge >= 0.3 is 0 Å². The summed E-state index contributed by atoms with van der Waals surface area (Å²) in [6.45, 7) is 5.42. The highest BCUT2D eigenvalue weighted by molar-refractivity contribution is 6.01. The number of anilines is 1. The molecule has 0 radical (unpaired) electrons. The molecule has 1 unspecified atom stereocenters. The number of nitrogen functional groups attached to an aromatic ring is 1. The van der Waals surface area contributed by atoms with Gasteiger partial charge in [-0.2, -0.15) is 0 Å². The van der Waals surface area contributed by atoms with Crippen LogP contribution in [0.3, 0.4) is 0 Å². The molecule has 0 saturated carbocycles. The summed E-state index contributed by atoms with van der Waals surface area (Å²) in [6.07, 6.45) is 0.989. The Balaban J connectivity index is 2.44. The summed E-state index contributed by atoms with van der Waals surface area (Å²) in [5.41, 5.74) is 8.36. The van der Waals surface area contributed by atoms with Crippen LogP contribution in [0.2, 0.25) is 0 Å². The average molecular weight is 248 g/mol. The normalized spacial score (nSPS) is 18.9. The van der Waals surface area contributed by atoms with Gasteiger partial charge in [-0.25, -0.2) is 4.98 Å². The maximum Gasteiger partial charge on any atom is 0.140 e. The van der Waals surface area contributed by atoms with Crippen molar-refractivity contribution in [3.8, 4) is 0 Å². The van der Waals surface area contributed by atoms with Crippen LogP contribution in [0.5, 0.6) is 0 Å². The first kappa shape index (κ1) is 12.8. The first-order valence-corrected chi connectivity index (χ1v) is 6.14. The molecule has 1 aliphatic heterocycles. The zero-order valence-electron chi connectivity index (χ0n) is 11.2. The van der Waals surface area contributed by atoms with Gasteiger partial charge in [-0.15, -0.1) is 0 Å². The predicted molar refractivity (Wildman–Crippen MR) is 72.4 cm³/mol. The molecular formula is C13H20N4O. The fourth-order valence-corrected chi connectivity index (χ4v) is 2.41. The lowest BCUT2D eigenvalue weighted by atomic mass is 10.1. The van der Waals surface area contributed by atoms with E-state index < -0.39 is 0 Å². The summed E-state index contributed by atoms with van der Waals surface area (Å²) in [7, 11) is 1.99. The van der Waals surface area contributed by atoms with Crippen molar-refractivity contribution in [3.05, 3.63) is 22.9 Å². The van der Waals surface area contributed by atoms with Crippen LogP contribution in [0.4, 0.5) is 5.82 Å². The zero-order valence-corrected chi connectivity index (χ0v) is 11.2. The third-order valence-electron chi connectivity index (χ3n) is 3.38. The Morgan fingerprint density at radius 1 is 1.56 bits per heavy atom. The van der Waals surface area contributed by atoms with E-state index in [9.17, 15) is 0 Å². The largest absolute Gasteiger partial charge is 0.384 e. The Morgan fingerprint density at radius 2 is 2.28 bits per heavy atom. The fraction of sp³-hybridized carbons (Fsp3) is 0.538. The lowest BCUT2D eigenvalue weighted by Crippen LogP contribution is -2.34. The number of likely N-dealkylation sites (N-methyl/N-ethyl adjacent to an activating group) is 1. The molecule has 1 saturated heterocycles. The number of rotatable bonds is 3. The van der Waals surface area contributed by atoms with Crippen LogP contribution in [-0.4, -0.2) is 37.1 Å². The van der Waals surface area contributed by atoms with Gasteiger partial charge in [-0.05, 0) is 31.9 Å². The quantitative estimate of drug-likeness (QED) is 0.622. The first-order valence-electron chi connectivity index (χ1n) is 6.14. The minimum Gasteiger partial charge on any atom is -0.384 e. The molecule has 1 fully saturated rings. The SMILES string of the molecule is Cc1cc(C)c(C(=N)N)c(N(C)C2CCOC2)n1. The number of pyridine rings is 1. The molecule has 0 spiro atoms. The third-order valence-corrected chi connectivity index (χ3v) is 3.38. The number of ether oxygens (including phenoxy) is 1. The Morgan fingerprint density at radius 3 is 2.83 bits per heavy atom. The number of hydrogen-bond donors (Lipinski definition) is 2. The summed E-state index contributed by atoms with van der Waals surface area (Å²) < 4.78 is 5.41. The van der Waals surface area contributed by atoms with Crippen molar-refractivity contribution in [2.24, 2.45) is 5.73 Å². The summed E-state index contributed by atoms with van der Waals surface area (Å²) in [5.74, 6) is 0.858. The van der Waals surface area contributed by atoms with E-state index in [2.05, 4.69) is 9.88 Å². The Kier molecular flexibility index (Phi) is 3.52. The Labute approximate surface area is 107 Å². The molecule has 5 heteroatoms. The maximum atomic E-state index is 7.73. The van der Waals surface area contributed by atoms with Crippen LogP contribution in [0.25, 0.3) is 0 Å². The van der Waals surface area contributed by atoms with Crippen LogP contribution in [-0.2, 0) is 4.74 Å². The summed E-state index contributed by atoms with van der Waals surface area (Å²) in [6, 6.07) is 2.27. The number of aryl methyl sites for hydroxylation is 2. The van der Waals surface area contributed by atoms with Crippen molar-refractivity contribution < 1.29 is 4.74 Å². The smallest absolute Gasteiger partial charge is 0.140 e. The van der Waals surface area contributed by atoms with E-state index in [4.69, 9.17) is 15.9 Å². The molecule has 3 N–H and O–H groups in total. The van der Waals surface area contributed by atoms with E-state index >= 15 is 0 Å². The summed E-state index contributed by atoms with van der Waals surface area (Å²) in [4.78, 5) is 6.64. The molecule has 1 aromatic rings. The van der Waals surface area contributed by atoms with Crippen LogP contribution in [0, 0.1) is 19.3 Å². The Bertz CT molecular complexity index is 466. The number of nitrogens with zero attached hydrogens (tertiary/aromatic N) is 2. The Hall–Kier alpha value is -1.62. The molecular weight excluding hydrogens is 228 g/mol. The molecule has 98 valence electrons. The highest BCUT2D eigenvalue weighted by atomic mass is 16.5. The van der Waals surface area contributed by atoms with Gasteiger partial charge in [0.1, 0.15) is 11.7 Å². The van der Waals surface area contributed by atoms with Crippen molar-refractivity contribution in [2.45, 2.75) is 26.3 Å². The topological polar surface area (TPSA) is 75.2 Å². The van der Waals surface area contributed by atoms with E-state index in [1.807, 2.05) is 27.0 Å². The van der Waals surface area contributed by atoms with Gasteiger partial charge in [0.25, 0.3) is 0 Å². The molecule has 0 aromatic carbocycles. The van der Waals surface area contributed by atoms with E-state index in [-0.39, 0.29) is 5.84 Å². The van der Waals surface area contributed by atoms with Crippen molar-refractivity contribution in [1.29, 1.82) is 5.41 Å². The minimum absolute atomic E-state index is 0.0702. The predicted octanol–water partition coefficient (Wildman–Crippen LogP) is 1.21. The number of nitrogens with two attached hydrogens (primary N) is 1. The molecule has 0 amide bonds. The number of aromatic nitrogens is 1. The second kappa shape index (κ2) is 4.94. The van der Waals surface area contributed by atoms with Gasteiger partial charge in [0.2, 0.25) is 0 Å². The van der Waals surface area contributed by atoms with Gasteiger partial charge in [-0.3, -0.25) is 5.41 Å². The van der Waals surface area contributed by atoms with Gasteiger partial charge < -0.3 is 15.4 Å². The molecule has 5 nitrogen and oxygen atoms in total. The second-order valence-electron chi connectivity index (χ2n) is 4.82. The number of hydrogen-bond acceptors (Lipinski definition) is 4. The highest BCUT2D eigenvalue weighted by Gasteiger charge is 2.24. The van der Waals surface area contributed by atoms with E-state index in [0.717, 1.165) is 35.7 Å². The maximum absolute atomic E-state index is 7.73. The average Bonchev–Trinajstić information content (AvgIpc) is 2.79. The minimum atomic E-state index is 0.0702. The lowest BCUT2D eigenvalue weighted by molar-refractivity contribution is 0.193. The molecule has 1 aliphatic rings. The molecule has 0 aliphatic carbocycles. The van der Waals surface area contributed by atoms with Gasteiger partial charge in [0, 0.05) is 19.3 Å². The van der Waals surface area contributed by atoms with Crippen LogP contribution in [0.1, 0.15) is 23.2 Å². The molecule has 1 atom stereocenters. The molecule has 18 heavy (non-hydrogen) atoms. The fourth-order valence-electron chi connectivity index (χ4n) is 2.41. The summed E-state index contributed by atoms with van der Waals surface area (Å²) >= 11 is 0. The van der Waals surface area contributed by atoms with Gasteiger partial charge in [-0.1, -0.05) is 0 Å². The molecule has 0 bridgehead atoms. The van der Waals surface area contributed by atoms with E-state index in [0.29, 0.717) is 12.6 Å². The van der Waals surface area contributed by atoms with Crippen LogP contribution >= 0.6 is 0 Å². The van der Waals surface area contributed by atoms with Crippen LogP contribution < -0.4 is 10.6 Å². The second-order valence-corrected chi connectivity index (χ2v) is 4.82. The third kappa shape index (κ3) is 2.31. The standard InChI is InChI=1S/C13H20N4O/c1-8-6-9(2)16-13(11(8)12(14)15)17(3)10-4-5-18-7-10/h6,10H,4-5,7H2,1-3H3,(H3,14,15). The van der Waals surface area contributed by atoms with Crippen molar-refractivity contribution >= 4 is 11.7 Å². The van der Waals surface area contributed by atoms with Crippen LogP contribution in [0.15, 0.2) is 6.07 Å². The van der Waals surface area contributed by atoms with Gasteiger partial charge in [0.15, 0.2) is 0 Å². The van der Waals surface area contributed by atoms with Crippen molar-refractivity contribution in [2.75, 3.05) is 25.2 Å². The van der Waals surface area contributed by atoms with Gasteiger partial charge in [0.05, 0.1) is 18.2 Å². The van der Waals surface area contributed by atoms with E-state index in [1.165, 1.54) is 0 Å². The number of amidine groups is 1. The zero-order chi connectivity index (χ0) is 13.3. The first-order chi connectivity index (χ1) is 8.50. The molecule has 1 aromatic heterocycles. The lowest BCUT2D eigenvalue weighted by Gasteiger charge is -2.27.